The molecule has 0 saturated heterocycles. The first-order chi connectivity index (χ1) is 13.2. The molecule has 0 amide bonds. The minimum atomic E-state index is 0.550. The number of rotatable bonds is 5. The van der Waals surface area contributed by atoms with Gasteiger partial charge in [-0.2, -0.15) is 10.2 Å². The molecule has 0 aromatic carbocycles. The van der Waals surface area contributed by atoms with Gasteiger partial charge in [0.25, 0.3) is 0 Å². The third-order valence-electron chi connectivity index (χ3n) is 4.54. The molecule has 0 aliphatic heterocycles. The lowest BCUT2D eigenvalue weighted by atomic mass is 10.3. The Morgan fingerprint density at radius 3 is 3.00 bits per heavy atom. The van der Waals surface area contributed by atoms with Gasteiger partial charge in [0.2, 0.25) is 11.2 Å². The van der Waals surface area contributed by atoms with Crippen molar-refractivity contribution in [2.75, 3.05) is 0 Å². The monoisotopic (exact) mass is 380 g/mol. The van der Waals surface area contributed by atoms with Crippen LogP contribution in [0.3, 0.4) is 0 Å². The SMILES string of the molecule is CCn1cc(-c2cnc3nnn(Cc4cc5c(c[nH][n+]5CC)s4)c3n2)cn1. The summed E-state index contributed by atoms with van der Waals surface area (Å²) >= 11 is 1.74. The summed E-state index contributed by atoms with van der Waals surface area (Å²) < 4.78 is 7.03. The van der Waals surface area contributed by atoms with Crippen molar-refractivity contribution in [1.82, 2.24) is 39.8 Å². The summed E-state index contributed by atoms with van der Waals surface area (Å²) in [7, 11) is 0. The van der Waals surface area contributed by atoms with Crippen LogP contribution in [0.25, 0.3) is 32.8 Å². The maximum Gasteiger partial charge on any atom is 0.249 e. The molecule has 0 radical (unpaired) electrons. The lowest BCUT2D eigenvalue weighted by Crippen LogP contribution is -2.33. The van der Waals surface area contributed by atoms with E-state index in [2.05, 4.69) is 50.1 Å². The highest BCUT2D eigenvalue weighted by Crippen LogP contribution is 2.24. The zero-order chi connectivity index (χ0) is 18.4. The van der Waals surface area contributed by atoms with Gasteiger partial charge in [0.05, 0.1) is 30.8 Å². The first-order valence-corrected chi connectivity index (χ1v) is 9.65. The van der Waals surface area contributed by atoms with Crippen LogP contribution in [0.5, 0.6) is 0 Å². The Hall–Kier alpha value is -3.14. The first-order valence-electron chi connectivity index (χ1n) is 8.84. The fourth-order valence-electron chi connectivity index (χ4n) is 3.12. The lowest BCUT2D eigenvalue weighted by molar-refractivity contribution is -0.723. The van der Waals surface area contributed by atoms with Gasteiger partial charge in [0.1, 0.15) is 4.70 Å². The molecule has 5 rings (SSSR count). The predicted octanol–water partition coefficient (Wildman–Crippen LogP) is 2.00. The van der Waals surface area contributed by atoms with E-state index >= 15 is 0 Å². The molecule has 5 aromatic rings. The number of fused-ring (bicyclic) bond motifs is 2. The highest BCUT2D eigenvalue weighted by atomic mass is 32.1. The van der Waals surface area contributed by atoms with Crippen LogP contribution in [0.2, 0.25) is 0 Å². The number of thiophene rings is 1. The van der Waals surface area contributed by atoms with E-state index < -0.39 is 0 Å². The minimum Gasteiger partial charge on any atom is -0.272 e. The Morgan fingerprint density at radius 2 is 2.19 bits per heavy atom. The third-order valence-corrected chi connectivity index (χ3v) is 5.59. The van der Waals surface area contributed by atoms with Gasteiger partial charge in [-0.3, -0.25) is 4.68 Å². The number of H-pyrrole nitrogens is 1. The van der Waals surface area contributed by atoms with Gasteiger partial charge in [-0.1, -0.05) is 5.21 Å². The fraction of sp³-hybridized carbons (Fsp3) is 0.294. The largest absolute Gasteiger partial charge is 0.272 e. The maximum atomic E-state index is 4.74. The van der Waals surface area contributed by atoms with Gasteiger partial charge in [0.15, 0.2) is 12.2 Å². The minimum absolute atomic E-state index is 0.550. The van der Waals surface area contributed by atoms with Crippen LogP contribution in [-0.2, 0) is 19.6 Å². The standard InChI is InChI=1S/C17H17N9S/c1-3-24-9-11(6-19-24)13-7-18-16-17(21-13)26(23-22-16)10-12-5-14-15(27-12)8-20-25(14)4-2/h5-9H,3-4,10H2,1-2H3/p+1. The molecule has 136 valence electrons. The van der Waals surface area contributed by atoms with Crippen LogP contribution in [0.4, 0.5) is 0 Å². The summed E-state index contributed by atoms with van der Waals surface area (Å²) in [5, 5.41) is 16.0. The second kappa shape index (κ2) is 6.23. The summed E-state index contributed by atoms with van der Waals surface area (Å²) in [6.45, 7) is 6.52. The number of hydrogen-bond acceptors (Lipinski definition) is 6. The van der Waals surface area contributed by atoms with Crippen LogP contribution in [0.15, 0.2) is 30.9 Å². The Labute approximate surface area is 158 Å². The van der Waals surface area contributed by atoms with Crippen LogP contribution >= 0.6 is 11.3 Å². The van der Waals surface area contributed by atoms with Crippen molar-refractivity contribution in [2.24, 2.45) is 0 Å². The van der Waals surface area contributed by atoms with E-state index in [0.29, 0.717) is 17.8 Å². The van der Waals surface area contributed by atoms with E-state index in [-0.39, 0.29) is 0 Å². The van der Waals surface area contributed by atoms with Crippen molar-refractivity contribution < 1.29 is 4.68 Å². The van der Waals surface area contributed by atoms with E-state index in [1.54, 1.807) is 28.4 Å². The summed E-state index contributed by atoms with van der Waals surface area (Å²) in [4.78, 5) is 10.4. The molecule has 0 saturated carbocycles. The highest BCUT2D eigenvalue weighted by molar-refractivity contribution is 7.18. The number of nitrogens with one attached hydrogen (secondary N) is 1. The summed E-state index contributed by atoms with van der Waals surface area (Å²) in [5.41, 5.74) is 4.15. The van der Waals surface area contributed by atoms with Crippen molar-refractivity contribution >= 4 is 32.8 Å². The molecule has 0 bridgehead atoms. The zero-order valence-electron chi connectivity index (χ0n) is 15.0. The maximum absolute atomic E-state index is 4.74. The van der Waals surface area contributed by atoms with Gasteiger partial charge in [-0.05, 0) is 13.8 Å². The molecule has 1 N–H and O–H groups in total. The van der Waals surface area contributed by atoms with Gasteiger partial charge in [-0.15, -0.1) is 21.1 Å². The number of aromatic nitrogens is 9. The van der Waals surface area contributed by atoms with Crippen LogP contribution < -0.4 is 4.68 Å². The summed E-state index contributed by atoms with van der Waals surface area (Å²) in [5.74, 6) is 0. The predicted molar refractivity (Wildman–Crippen MR) is 101 cm³/mol. The van der Waals surface area contributed by atoms with Crippen molar-refractivity contribution in [3.8, 4) is 11.3 Å². The van der Waals surface area contributed by atoms with Crippen LogP contribution in [0.1, 0.15) is 18.7 Å². The van der Waals surface area contributed by atoms with E-state index in [0.717, 1.165) is 24.3 Å². The van der Waals surface area contributed by atoms with Crippen LogP contribution in [-0.4, -0.2) is 39.8 Å². The Kier molecular flexibility index (Phi) is 3.71. The van der Waals surface area contributed by atoms with Gasteiger partial charge in [-0.25, -0.2) is 14.6 Å². The number of aryl methyl sites for hydroxylation is 2. The molecule has 5 heterocycles. The molecular formula is C17H18N9S+. The number of aromatic amines is 1. The highest BCUT2D eigenvalue weighted by Gasteiger charge is 2.16. The van der Waals surface area contributed by atoms with Crippen molar-refractivity contribution in [3.63, 3.8) is 0 Å². The van der Waals surface area contributed by atoms with Crippen molar-refractivity contribution in [1.29, 1.82) is 0 Å². The van der Waals surface area contributed by atoms with Crippen LogP contribution in [0, 0.1) is 0 Å². The van der Waals surface area contributed by atoms with E-state index in [9.17, 15) is 0 Å². The van der Waals surface area contributed by atoms with E-state index in [1.165, 1.54) is 15.1 Å². The molecular weight excluding hydrogens is 362 g/mol. The van der Waals surface area contributed by atoms with Crippen molar-refractivity contribution in [2.45, 2.75) is 33.5 Å². The topological polar surface area (TPSA) is 94.0 Å². The van der Waals surface area contributed by atoms with Gasteiger partial charge >= 0.3 is 0 Å². The zero-order valence-corrected chi connectivity index (χ0v) is 15.8. The Balaban J connectivity index is 1.52. The first kappa shape index (κ1) is 16.1. The van der Waals surface area contributed by atoms with E-state index in [4.69, 9.17) is 4.98 Å². The number of hydrogen-bond donors (Lipinski definition) is 1. The molecule has 27 heavy (non-hydrogen) atoms. The summed E-state index contributed by atoms with van der Waals surface area (Å²) in [6.07, 6.45) is 7.53. The Morgan fingerprint density at radius 1 is 1.26 bits per heavy atom. The molecule has 10 heteroatoms. The average Bonchev–Trinajstić information content (AvgIpc) is 3.45. The normalized spacial score (nSPS) is 11.8. The van der Waals surface area contributed by atoms with E-state index in [1.807, 2.05) is 17.1 Å². The molecule has 0 spiro atoms. The van der Waals surface area contributed by atoms with Gasteiger partial charge < -0.3 is 0 Å². The molecule has 0 aliphatic rings. The lowest BCUT2D eigenvalue weighted by Gasteiger charge is -2.00. The molecule has 5 aromatic heterocycles. The molecule has 0 aliphatic carbocycles. The van der Waals surface area contributed by atoms with Gasteiger partial charge in [0, 0.05) is 29.2 Å². The number of nitrogens with zero attached hydrogens (tertiary/aromatic N) is 8. The summed E-state index contributed by atoms with van der Waals surface area (Å²) in [6, 6.07) is 2.19. The Bertz CT molecular complexity index is 1240. The molecule has 0 fully saturated rings. The quantitative estimate of drug-likeness (QED) is 0.471. The second-order valence-corrected chi connectivity index (χ2v) is 7.38. The molecule has 0 atom stereocenters. The van der Waals surface area contributed by atoms with Crippen molar-refractivity contribution in [3.05, 3.63) is 35.7 Å². The fourth-order valence-corrected chi connectivity index (χ4v) is 4.15. The second-order valence-electron chi connectivity index (χ2n) is 6.21. The third kappa shape index (κ3) is 2.69. The average molecular weight is 380 g/mol. The molecule has 0 unspecified atom stereocenters. The smallest absolute Gasteiger partial charge is 0.249 e. The molecule has 9 nitrogen and oxygen atoms in total.